The number of rotatable bonds is 18. The Labute approximate surface area is 155 Å². The average molecular weight is 339 g/mol. The van der Waals surface area contributed by atoms with Gasteiger partial charge in [0, 0.05) is 0 Å². The molecule has 0 radical (unpaired) electrons. The van der Waals surface area contributed by atoms with E-state index in [4.69, 9.17) is 0 Å². The Balaban J connectivity index is 3.41. The summed E-state index contributed by atoms with van der Waals surface area (Å²) in [5.74, 6) is 2.88. The van der Waals surface area contributed by atoms with Gasteiger partial charge >= 0.3 is 0 Å². The van der Waals surface area contributed by atoms with E-state index in [1.54, 1.807) is 0 Å². The first-order chi connectivity index (χ1) is 11.7. The molecule has 24 heavy (non-hydrogen) atoms. The molecule has 146 valence electrons. The molecule has 3 atom stereocenters. The van der Waals surface area contributed by atoms with Crippen molar-refractivity contribution < 1.29 is 0 Å². The molecule has 0 aliphatic heterocycles. The standard InChI is InChI=1S/C24H50/c1-6-9-16-21-24(8-3)23(5)20-18-15-13-11-10-12-14-17-19-22(4)7-2/h22-24H,6-21H2,1-5H3. The molecule has 0 bridgehead atoms. The second-order valence-corrected chi connectivity index (χ2v) is 8.56. The highest BCUT2D eigenvalue weighted by Crippen LogP contribution is 2.27. The van der Waals surface area contributed by atoms with E-state index in [2.05, 4.69) is 34.6 Å². The SMILES string of the molecule is CCCCCC(CC)C(C)CCCCCCCCCCC(C)CC. The summed E-state index contributed by atoms with van der Waals surface area (Å²) >= 11 is 0. The van der Waals surface area contributed by atoms with Crippen molar-refractivity contribution in [2.75, 3.05) is 0 Å². The minimum atomic E-state index is 0.945. The number of hydrogen-bond acceptors (Lipinski definition) is 0. The molecular weight excluding hydrogens is 288 g/mol. The summed E-state index contributed by atoms with van der Waals surface area (Å²) in [6.45, 7) is 11.9. The highest BCUT2D eigenvalue weighted by atomic mass is 14.2. The van der Waals surface area contributed by atoms with E-state index in [1.165, 1.54) is 103 Å². The lowest BCUT2D eigenvalue weighted by molar-refractivity contribution is 0.292. The van der Waals surface area contributed by atoms with Crippen LogP contribution in [0.15, 0.2) is 0 Å². The molecule has 0 heterocycles. The van der Waals surface area contributed by atoms with Gasteiger partial charge in [0.05, 0.1) is 0 Å². The molecule has 0 aromatic rings. The van der Waals surface area contributed by atoms with Crippen molar-refractivity contribution in [1.82, 2.24) is 0 Å². The fourth-order valence-electron chi connectivity index (χ4n) is 4.01. The Morgan fingerprint density at radius 3 is 1.50 bits per heavy atom. The monoisotopic (exact) mass is 338 g/mol. The van der Waals surface area contributed by atoms with Crippen LogP contribution in [0.3, 0.4) is 0 Å². The topological polar surface area (TPSA) is 0 Å². The van der Waals surface area contributed by atoms with Gasteiger partial charge in [-0.25, -0.2) is 0 Å². The third-order valence-electron chi connectivity index (χ3n) is 6.31. The van der Waals surface area contributed by atoms with E-state index in [9.17, 15) is 0 Å². The zero-order chi connectivity index (χ0) is 18.0. The first-order valence-electron chi connectivity index (χ1n) is 11.7. The molecule has 0 fully saturated rings. The van der Waals surface area contributed by atoms with Gasteiger partial charge in [-0.15, -0.1) is 0 Å². The van der Waals surface area contributed by atoms with Crippen molar-refractivity contribution in [3.63, 3.8) is 0 Å². The van der Waals surface area contributed by atoms with E-state index in [0.717, 1.165) is 17.8 Å². The van der Waals surface area contributed by atoms with Crippen molar-refractivity contribution in [2.45, 2.75) is 137 Å². The Morgan fingerprint density at radius 1 is 0.500 bits per heavy atom. The fraction of sp³-hybridized carbons (Fsp3) is 1.00. The predicted molar refractivity (Wildman–Crippen MR) is 113 cm³/mol. The molecular formula is C24H50. The molecule has 0 aliphatic rings. The minimum Gasteiger partial charge on any atom is -0.0654 e. The maximum atomic E-state index is 2.51. The summed E-state index contributed by atoms with van der Waals surface area (Å²) in [6.07, 6.45) is 23.2. The smallest absolute Gasteiger partial charge is 0.0391 e. The summed E-state index contributed by atoms with van der Waals surface area (Å²) in [5, 5.41) is 0. The van der Waals surface area contributed by atoms with Crippen LogP contribution < -0.4 is 0 Å². The van der Waals surface area contributed by atoms with Crippen molar-refractivity contribution in [3.8, 4) is 0 Å². The van der Waals surface area contributed by atoms with Gasteiger partial charge in [0.1, 0.15) is 0 Å². The Hall–Kier alpha value is 0. The van der Waals surface area contributed by atoms with E-state index >= 15 is 0 Å². The molecule has 0 N–H and O–H groups in total. The highest BCUT2D eigenvalue weighted by molar-refractivity contribution is 4.66. The van der Waals surface area contributed by atoms with Crippen LogP contribution in [-0.4, -0.2) is 0 Å². The Kier molecular flexibility index (Phi) is 17.8. The largest absolute Gasteiger partial charge is 0.0654 e. The van der Waals surface area contributed by atoms with E-state index in [0.29, 0.717) is 0 Å². The maximum absolute atomic E-state index is 2.51. The van der Waals surface area contributed by atoms with Crippen molar-refractivity contribution in [1.29, 1.82) is 0 Å². The van der Waals surface area contributed by atoms with Gasteiger partial charge in [-0.2, -0.15) is 0 Å². The minimum absolute atomic E-state index is 0.945. The fourth-order valence-corrected chi connectivity index (χ4v) is 4.01. The first kappa shape index (κ1) is 24.0. The van der Waals surface area contributed by atoms with Crippen molar-refractivity contribution in [2.24, 2.45) is 17.8 Å². The third-order valence-corrected chi connectivity index (χ3v) is 6.31. The molecule has 0 spiro atoms. The second kappa shape index (κ2) is 17.8. The zero-order valence-electron chi connectivity index (χ0n) is 18.0. The average Bonchev–Trinajstić information content (AvgIpc) is 2.59. The first-order valence-corrected chi connectivity index (χ1v) is 11.7. The van der Waals surface area contributed by atoms with Gasteiger partial charge in [-0.1, -0.05) is 137 Å². The molecule has 0 rings (SSSR count). The molecule has 0 heteroatoms. The molecule has 0 amide bonds. The van der Waals surface area contributed by atoms with Gasteiger partial charge in [-0.3, -0.25) is 0 Å². The van der Waals surface area contributed by atoms with Crippen molar-refractivity contribution >= 4 is 0 Å². The summed E-state index contributed by atoms with van der Waals surface area (Å²) in [7, 11) is 0. The van der Waals surface area contributed by atoms with Crippen LogP contribution in [0.5, 0.6) is 0 Å². The predicted octanol–water partition coefficient (Wildman–Crippen LogP) is 9.18. The molecule has 0 nitrogen and oxygen atoms in total. The van der Waals surface area contributed by atoms with Gasteiger partial charge in [0.2, 0.25) is 0 Å². The van der Waals surface area contributed by atoms with E-state index in [1.807, 2.05) is 0 Å². The van der Waals surface area contributed by atoms with E-state index in [-0.39, 0.29) is 0 Å². The van der Waals surface area contributed by atoms with Crippen LogP contribution in [0.1, 0.15) is 137 Å². The summed E-state index contributed by atoms with van der Waals surface area (Å²) in [6, 6.07) is 0. The highest BCUT2D eigenvalue weighted by Gasteiger charge is 2.14. The van der Waals surface area contributed by atoms with Gasteiger partial charge in [0.15, 0.2) is 0 Å². The summed E-state index contributed by atoms with van der Waals surface area (Å²) in [5.41, 5.74) is 0. The zero-order valence-corrected chi connectivity index (χ0v) is 18.0. The molecule has 0 saturated carbocycles. The summed E-state index contributed by atoms with van der Waals surface area (Å²) < 4.78 is 0. The second-order valence-electron chi connectivity index (χ2n) is 8.56. The maximum Gasteiger partial charge on any atom is -0.0391 e. The van der Waals surface area contributed by atoms with Crippen LogP contribution in [0.2, 0.25) is 0 Å². The molecule has 3 unspecified atom stereocenters. The molecule has 0 aromatic heterocycles. The van der Waals surface area contributed by atoms with Crippen LogP contribution >= 0.6 is 0 Å². The Morgan fingerprint density at radius 2 is 1.00 bits per heavy atom. The van der Waals surface area contributed by atoms with Gasteiger partial charge in [-0.05, 0) is 17.8 Å². The lowest BCUT2D eigenvalue weighted by atomic mass is 9.83. The van der Waals surface area contributed by atoms with Crippen LogP contribution in [-0.2, 0) is 0 Å². The lowest BCUT2D eigenvalue weighted by Crippen LogP contribution is -2.11. The molecule has 0 saturated heterocycles. The van der Waals surface area contributed by atoms with Crippen LogP contribution in [0, 0.1) is 17.8 Å². The third kappa shape index (κ3) is 14.4. The number of hydrogen-bond donors (Lipinski definition) is 0. The normalized spacial score (nSPS) is 15.4. The number of unbranched alkanes of at least 4 members (excludes halogenated alkanes) is 9. The van der Waals surface area contributed by atoms with Crippen LogP contribution in [0.25, 0.3) is 0 Å². The van der Waals surface area contributed by atoms with Crippen LogP contribution in [0.4, 0.5) is 0 Å². The quantitative estimate of drug-likeness (QED) is 0.218. The van der Waals surface area contributed by atoms with Gasteiger partial charge < -0.3 is 0 Å². The van der Waals surface area contributed by atoms with Gasteiger partial charge in [0.25, 0.3) is 0 Å². The molecule has 0 aromatic carbocycles. The Bertz CT molecular complexity index is 232. The lowest BCUT2D eigenvalue weighted by Gasteiger charge is -2.22. The molecule has 0 aliphatic carbocycles. The van der Waals surface area contributed by atoms with E-state index < -0.39 is 0 Å². The van der Waals surface area contributed by atoms with Crippen molar-refractivity contribution in [3.05, 3.63) is 0 Å². The summed E-state index contributed by atoms with van der Waals surface area (Å²) in [4.78, 5) is 0.